The van der Waals surface area contributed by atoms with E-state index in [1.54, 1.807) is 19.2 Å². The SMILES string of the molecule is CC#CCCC(N)c1ccncc1F. The topological polar surface area (TPSA) is 38.9 Å². The molecule has 1 heterocycles. The predicted molar refractivity (Wildman–Crippen MR) is 53.8 cm³/mol. The summed E-state index contributed by atoms with van der Waals surface area (Å²) in [5.41, 5.74) is 6.31. The summed E-state index contributed by atoms with van der Waals surface area (Å²) >= 11 is 0. The Morgan fingerprint density at radius 1 is 1.64 bits per heavy atom. The molecule has 0 saturated heterocycles. The van der Waals surface area contributed by atoms with Crippen LogP contribution in [0.5, 0.6) is 0 Å². The molecule has 0 aliphatic carbocycles. The van der Waals surface area contributed by atoms with Gasteiger partial charge in [0.2, 0.25) is 0 Å². The third-order valence-corrected chi connectivity index (χ3v) is 1.96. The molecule has 0 amide bonds. The molecule has 14 heavy (non-hydrogen) atoms. The average Bonchev–Trinajstić information content (AvgIpc) is 2.18. The van der Waals surface area contributed by atoms with Gasteiger partial charge in [0.25, 0.3) is 0 Å². The number of halogens is 1. The summed E-state index contributed by atoms with van der Waals surface area (Å²) < 4.78 is 13.2. The number of hydrogen-bond acceptors (Lipinski definition) is 2. The van der Waals surface area contributed by atoms with E-state index < -0.39 is 0 Å². The normalized spacial score (nSPS) is 11.6. The van der Waals surface area contributed by atoms with Gasteiger partial charge < -0.3 is 5.73 Å². The van der Waals surface area contributed by atoms with E-state index >= 15 is 0 Å². The second-order valence-corrected chi connectivity index (χ2v) is 2.97. The van der Waals surface area contributed by atoms with E-state index in [4.69, 9.17) is 5.73 Å². The lowest BCUT2D eigenvalue weighted by Gasteiger charge is -2.10. The van der Waals surface area contributed by atoms with Crippen LogP contribution in [0, 0.1) is 17.7 Å². The number of hydrogen-bond donors (Lipinski definition) is 1. The standard InChI is InChI=1S/C11H13FN2/c1-2-3-4-5-11(13)9-6-7-14-8-10(9)12/h6-8,11H,4-5,13H2,1H3. The monoisotopic (exact) mass is 192 g/mol. The minimum absolute atomic E-state index is 0.293. The molecule has 74 valence electrons. The van der Waals surface area contributed by atoms with Crippen LogP contribution in [0.1, 0.15) is 31.4 Å². The molecule has 0 spiro atoms. The van der Waals surface area contributed by atoms with E-state index in [1.807, 2.05) is 0 Å². The largest absolute Gasteiger partial charge is 0.324 e. The molecule has 0 radical (unpaired) electrons. The van der Waals surface area contributed by atoms with Crippen LogP contribution in [-0.2, 0) is 0 Å². The Kier molecular flexibility index (Phi) is 4.09. The maximum Gasteiger partial charge on any atom is 0.146 e. The molecule has 1 aromatic rings. The molecule has 1 aromatic heterocycles. The van der Waals surface area contributed by atoms with Gasteiger partial charge in [-0.05, 0) is 19.4 Å². The van der Waals surface area contributed by atoms with Gasteiger partial charge in [-0.25, -0.2) is 4.39 Å². The maximum atomic E-state index is 13.2. The highest BCUT2D eigenvalue weighted by molar-refractivity contribution is 5.17. The van der Waals surface area contributed by atoms with Crippen molar-refractivity contribution < 1.29 is 4.39 Å². The Morgan fingerprint density at radius 3 is 3.07 bits per heavy atom. The molecule has 0 fully saturated rings. The minimum Gasteiger partial charge on any atom is -0.324 e. The van der Waals surface area contributed by atoms with Gasteiger partial charge in [0.05, 0.1) is 6.20 Å². The van der Waals surface area contributed by atoms with Crippen molar-refractivity contribution in [1.82, 2.24) is 4.98 Å². The van der Waals surface area contributed by atoms with Crippen molar-refractivity contribution in [3.8, 4) is 11.8 Å². The number of aromatic nitrogens is 1. The molecule has 1 unspecified atom stereocenters. The van der Waals surface area contributed by atoms with Crippen LogP contribution in [0.3, 0.4) is 0 Å². The van der Waals surface area contributed by atoms with Crippen molar-refractivity contribution in [2.75, 3.05) is 0 Å². The van der Waals surface area contributed by atoms with E-state index in [0.29, 0.717) is 18.4 Å². The van der Waals surface area contributed by atoms with Crippen LogP contribution in [0.15, 0.2) is 18.5 Å². The summed E-state index contributed by atoms with van der Waals surface area (Å²) in [6.07, 6.45) is 4.09. The number of nitrogens with zero attached hydrogens (tertiary/aromatic N) is 1. The highest BCUT2D eigenvalue weighted by Gasteiger charge is 2.09. The van der Waals surface area contributed by atoms with E-state index in [0.717, 1.165) is 0 Å². The Bertz CT molecular complexity index is 352. The Balaban J connectivity index is 2.63. The summed E-state index contributed by atoms with van der Waals surface area (Å²) in [4.78, 5) is 3.67. The van der Waals surface area contributed by atoms with Crippen molar-refractivity contribution in [2.45, 2.75) is 25.8 Å². The Morgan fingerprint density at radius 2 is 2.43 bits per heavy atom. The zero-order valence-corrected chi connectivity index (χ0v) is 8.13. The number of rotatable bonds is 3. The van der Waals surface area contributed by atoms with Crippen LogP contribution in [0.25, 0.3) is 0 Å². The van der Waals surface area contributed by atoms with Gasteiger partial charge >= 0.3 is 0 Å². The highest BCUT2D eigenvalue weighted by Crippen LogP contribution is 2.17. The molecular formula is C11H13FN2. The molecular weight excluding hydrogens is 179 g/mol. The minimum atomic E-state index is -0.343. The van der Waals surface area contributed by atoms with Crippen molar-refractivity contribution in [3.63, 3.8) is 0 Å². The molecule has 1 rings (SSSR count). The Hall–Kier alpha value is -1.40. The van der Waals surface area contributed by atoms with Gasteiger partial charge in [0.15, 0.2) is 0 Å². The number of pyridine rings is 1. The molecule has 3 heteroatoms. The quantitative estimate of drug-likeness (QED) is 0.744. The smallest absolute Gasteiger partial charge is 0.146 e. The van der Waals surface area contributed by atoms with Gasteiger partial charge in [0, 0.05) is 24.2 Å². The van der Waals surface area contributed by atoms with Crippen LogP contribution in [0.4, 0.5) is 4.39 Å². The lowest BCUT2D eigenvalue weighted by atomic mass is 10.0. The van der Waals surface area contributed by atoms with E-state index in [2.05, 4.69) is 16.8 Å². The second-order valence-electron chi connectivity index (χ2n) is 2.97. The zero-order chi connectivity index (χ0) is 10.4. The lowest BCUT2D eigenvalue weighted by molar-refractivity contribution is 0.563. The van der Waals surface area contributed by atoms with E-state index in [-0.39, 0.29) is 11.9 Å². The van der Waals surface area contributed by atoms with Crippen molar-refractivity contribution >= 4 is 0 Å². The van der Waals surface area contributed by atoms with Gasteiger partial charge in [-0.15, -0.1) is 11.8 Å². The van der Waals surface area contributed by atoms with Crippen LogP contribution < -0.4 is 5.73 Å². The molecule has 0 aliphatic rings. The second kappa shape index (κ2) is 5.36. The third kappa shape index (κ3) is 2.82. The lowest BCUT2D eigenvalue weighted by Crippen LogP contribution is -2.11. The molecule has 0 aromatic carbocycles. The first kappa shape index (κ1) is 10.7. The molecule has 0 aliphatic heterocycles. The van der Waals surface area contributed by atoms with Crippen molar-refractivity contribution in [1.29, 1.82) is 0 Å². The fourth-order valence-electron chi connectivity index (χ4n) is 1.19. The summed E-state index contributed by atoms with van der Waals surface area (Å²) in [6, 6.07) is 1.32. The molecule has 2 nitrogen and oxygen atoms in total. The maximum absolute atomic E-state index is 13.2. The van der Waals surface area contributed by atoms with Crippen LogP contribution >= 0.6 is 0 Å². The van der Waals surface area contributed by atoms with Crippen molar-refractivity contribution in [2.24, 2.45) is 5.73 Å². The van der Waals surface area contributed by atoms with Gasteiger partial charge in [0.1, 0.15) is 5.82 Å². The van der Waals surface area contributed by atoms with Gasteiger partial charge in [-0.2, -0.15) is 0 Å². The highest BCUT2D eigenvalue weighted by atomic mass is 19.1. The summed E-state index contributed by atoms with van der Waals surface area (Å²) in [5, 5.41) is 0. The van der Waals surface area contributed by atoms with E-state index in [1.165, 1.54) is 6.20 Å². The van der Waals surface area contributed by atoms with Crippen LogP contribution in [0.2, 0.25) is 0 Å². The summed E-state index contributed by atoms with van der Waals surface area (Å²) in [6.45, 7) is 1.78. The average molecular weight is 192 g/mol. The predicted octanol–water partition coefficient (Wildman–Crippen LogP) is 2.02. The first-order chi connectivity index (χ1) is 6.75. The van der Waals surface area contributed by atoms with Crippen LogP contribution in [-0.4, -0.2) is 4.98 Å². The molecule has 1 atom stereocenters. The zero-order valence-electron chi connectivity index (χ0n) is 8.13. The van der Waals surface area contributed by atoms with Crippen molar-refractivity contribution in [3.05, 3.63) is 29.8 Å². The first-order valence-corrected chi connectivity index (χ1v) is 4.50. The molecule has 0 saturated carbocycles. The van der Waals surface area contributed by atoms with Gasteiger partial charge in [-0.1, -0.05) is 0 Å². The number of nitrogens with two attached hydrogens (primary N) is 1. The Labute approximate surface area is 83.3 Å². The fraction of sp³-hybridized carbons (Fsp3) is 0.364. The van der Waals surface area contributed by atoms with Gasteiger partial charge in [-0.3, -0.25) is 4.98 Å². The van der Waals surface area contributed by atoms with E-state index in [9.17, 15) is 4.39 Å². The molecule has 2 N–H and O–H groups in total. The first-order valence-electron chi connectivity index (χ1n) is 4.50. The summed E-state index contributed by atoms with van der Waals surface area (Å²) in [5.74, 6) is 5.33. The third-order valence-electron chi connectivity index (χ3n) is 1.96. The summed E-state index contributed by atoms with van der Waals surface area (Å²) in [7, 11) is 0. The fourth-order valence-corrected chi connectivity index (χ4v) is 1.19. The molecule has 0 bridgehead atoms.